The van der Waals surface area contributed by atoms with Gasteiger partial charge in [0.15, 0.2) is 6.61 Å². The second-order valence-electron chi connectivity index (χ2n) is 5.31. The van der Waals surface area contributed by atoms with Gasteiger partial charge >= 0.3 is 6.18 Å². The first kappa shape index (κ1) is 18.0. The fourth-order valence-electron chi connectivity index (χ4n) is 2.18. The molecule has 0 spiro atoms. The zero-order valence-corrected chi connectivity index (χ0v) is 13.9. The Balaban J connectivity index is 1.64. The SMILES string of the molecule is O=C(COn1nnc2ccc(C(F)(F)F)cc21)NCc1ccccc1Cl. The molecule has 0 radical (unpaired) electrons. The van der Waals surface area contributed by atoms with Crippen LogP contribution in [0.4, 0.5) is 13.2 Å². The molecule has 10 heteroatoms. The highest BCUT2D eigenvalue weighted by atomic mass is 35.5. The van der Waals surface area contributed by atoms with Gasteiger partial charge in [-0.1, -0.05) is 34.6 Å². The molecule has 26 heavy (non-hydrogen) atoms. The van der Waals surface area contributed by atoms with Crippen LogP contribution in [-0.2, 0) is 17.5 Å². The van der Waals surface area contributed by atoms with E-state index in [1.807, 2.05) is 0 Å². The van der Waals surface area contributed by atoms with E-state index in [0.717, 1.165) is 22.5 Å². The molecule has 2 aromatic carbocycles. The number of hydrogen-bond donors (Lipinski definition) is 1. The molecule has 0 bridgehead atoms. The van der Waals surface area contributed by atoms with Crippen LogP contribution in [-0.4, -0.2) is 27.7 Å². The van der Waals surface area contributed by atoms with E-state index in [4.69, 9.17) is 16.4 Å². The van der Waals surface area contributed by atoms with Gasteiger partial charge in [-0.25, -0.2) is 0 Å². The van der Waals surface area contributed by atoms with Crippen LogP contribution in [0.15, 0.2) is 42.5 Å². The first-order valence-electron chi connectivity index (χ1n) is 7.40. The first-order valence-corrected chi connectivity index (χ1v) is 7.78. The van der Waals surface area contributed by atoms with Crippen LogP contribution in [0, 0.1) is 0 Å². The fraction of sp³-hybridized carbons (Fsp3) is 0.188. The zero-order chi connectivity index (χ0) is 18.7. The van der Waals surface area contributed by atoms with Gasteiger partial charge in [-0.05, 0) is 35.0 Å². The highest BCUT2D eigenvalue weighted by molar-refractivity contribution is 6.31. The third kappa shape index (κ3) is 4.05. The summed E-state index contributed by atoms with van der Waals surface area (Å²) in [6.07, 6.45) is -4.50. The van der Waals surface area contributed by atoms with Gasteiger partial charge in [0.05, 0.1) is 5.56 Å². The van der Waals surface area contributed by atoms with Crippen molar-refractivity contribution < 1.29 is 22.8 Å². The number of benzene rings is 2. The number of hydrogen-bond acceptors (Lipinski definition) is 4. The fourth-order valence-corrected chi connectivity index (χ4v) is 2.38. The van der Waals surface area contributed by atoms with Crippen molar-refractivity contribution in [3.63, 3.8) is 0 Å². The lowest BCUT2D eigenvalue weighted by Crippen LogP contribution is -2.31. The van der Waals surface area contributed by atoms with E-state index in [9.17, 15) is 18.0 Å². The minimum Gasteiger partial charge on any atom is -0.385 e. The summed E-state index contributed by atoms with van der Waals surface area (Å²) in [6.45, 7) is -0.253. The summed E-state index contributed by atoms with van der Waals surface area (Å²) < 4.78 is 38.4. The largest absolute Gasteiger partial charge is 0.416 e. The minimum atomic E-state index is -4.50. The molecule has 1 heterocycles. The normalized spacial score (nSPS) is 11.5. The van der Waals surface area contributed by atoms with Crippen molar-refractivity contribution in [2.45, 2.75) is 12.7 Å². The Morgan fingerprint density at radius 3 is 2.73 bits per heavy atom. The Morgan fingerprint density at radius 2 is 2.00 bits per heavy atom. The molecule has 0 unspecified atom stereocenters. The maximum atomic E-state index is 12.8. The van der Waals surface area contributed by atoms with Gasteiger partial charge in [0.1, 0.15) is 11.0 Å². The number of alkyl halides is 3. The average molecular weight is 385 g/mol. The Hall–Kier alpha value is -2.81. The van der Waals surface area contributed by atoms with Crippen LogP contribution in [0.1, 0.15) is 11.1 Å². The molecule has 3 rings (SSSR count). The molecular weight excluding hydrogens is 373 g/mol. The summed E-state index contributed by atoms with van der Waals surface area (Å²) >= 11 is 5.99. The van der Waals surface area contributed by atoms with Crippen LogP contribution < -0.4 is 10.2 Å². The monoisotopic (exact) mass is 384 g/mol. The van der Waals surface area contributed by atoms with E-state index in [1.54, 1.807) is 24.3 Å². The topological polar surface area (TPSA) is 69.0 Å². The van der Waals surface area contributed by atoms with E-state index in [-0.39, 0.29) is 17.6 Å². The maximum absolute atomic E-state index is 12.8. The molecule has 0 atom stereocenters. The lowest BCUT2D eigenvalue weighted by molar-refractivity contribution is -0.137. The smallest absolute Gasteiger partial charge is 0.385 e. The molecule has 0 fully saturated rings. The van der Waals surface area contributed by atoms with E-state index in [2.05, 4.69) is 15.6 Å². The quantitative estimate of drug-likeness (QED) is 0.734. The number of carbonyl (C=O) groups excluding carboxylic acids is 1. The summed E-state index contributed by atoms with van der Waals surface area (Å²) in [7, 11) is 0. The number of rotatable bonds is 5. The standard InChI is InChI=1S/C16H12ClF3N4O2/c17-12-4-2-1-3-10(12)8-21-15(25)9-26-24-14-7-11(16(18,19)20)5-6-13(14)22-23-24/h1-7H,8-9H2,(H,21,25). The molecule has 3 aromatic rings. The predicted molar refractivity (Wildman–Crippen MR) is 87.3 cm³/mol. The second kappa shape index (κ2) is 7.20. The van der Waals surface area contributed by atoms with E-state index < -0.39 is 24.3 Å². The predicted octanol–water partition coefficient (Wildman–Crippen LogP) is 2.85. The van der Waals surface area contributed by atoms with Crippen molar-refractivity contribution in [1.29, 1.82) is 0 Å². The van der Waals surface area contributed by atoms with Crippen LogP contribution in [0.25, 0.3) is 11.0 Å². The van der Waals surface area contributed by atoms with Crippen molar-refractivity contribution in [3.05, 3.63) is 58.6 Å². The third-order valence-corrected chi connectivity index (χ3v) is 3.86. The number of carbonyl (C=O) groups is 1. The number of nitrogens with one attached hydrogen (secondary N) is 1. The lowest BCUT2D eigenvalue weighted by atomic mass is 10.2. The maximum Gasteiger partial charge on any atom is 0.416 e. The summed E-state index contributed by atoms with van der Waals surface area (Å²) in [5.74, 6) is -0.486. The average Bonchev–Trinajstić information content (AvgIpc) is 3.01. The zero-order valence-electron chi connectivity index (χ0n) is 13.1. The van der Waals surface area contributed by atoms with Gasteiger partial charge in [0.2, 0.25) is 0 Å². The number of fused-ring (bicyclic) bond motifs is 1. The molecule has 6 nitrogen and oxygen atoms in total. The van der Waals surface area contributed by atoms with Crippen molar-refractivity contribution in [2.75, 3.05) is 6.61 Å². The third-order valence-electron chi connectivity index (χ3n) is 3.49. The highest BCUT2D eigenvalue weighted by Gasteiger charge is 2.31. The van der Waals surface area contributed by atoms with Crippen LogP contribution in [0.2, 0.25) is 5.02 Å². The van der Waals surface area contributed by atoms with Gasteiger partial charge < -0.3 is 10.2 Å². The lowest BCUT2D eigenvalue weighted by Gasteiger charge is -2.09. The minimum absolute atomic E-state index is 0.0127. The van der Waals surface area contributed by atoms with Crippen molar-refractivity contribution in [2.24, 2.45) is 0 Å². The molecule has 1 aromatic heterocycles. The molecule has 0 aliphatic heterocycles. The van der Waals surface area contributed by atoms with Gasteiger partial charge in [-0.3, -0.25) is 4.79 Å². The Morgan fingerprint density at radius 1 is 1.23 bits per heavy atom. The molecule has 1 amide bonds. The van der Waals surface area contributed by atoms with Gasteiger partial charge in [-0.2, -0.15) is 13.2 Å². The molecule has 0 aliphatic rings. The molecule has 0 saturated heterocycles. The summed E-state index contributed by atoms with van der Waals surface area (Å²) in [6, 6.07) is 9.94. The molecule has 136 valence electrons. The summed E-state index contributed by atoms with van der Waals surface area (Å²) in [5, 5.41) is 10.4. The van der Waals surface area contributed by atoms with Crippen LogP contribution in [0.5, 0.6) is 0 Å². The number of aromatic nitrogens is 3. The second-order valence-corrected chi connectivity index (χ2v) is 5.71. The van der Waals surface area contributed by atoms with Crippen molar-refractivity contribution in [1.82, 2.24) is 20.5 Å². The summed E-state index contributed by atoms with van der Waals surface area (Å²) in [5.41, 5.74) is 0.0945. The molecule has 0 saturated carbocycles. The van der Waals surface area contributed by atoms with Crippen molar-refractivity contribution >= 4 is 28.5 Å². The highest BCUT2D eigenvalue weighted by Crippen LogP contribution is 2.30. The Labute approximate surface area is 150 Å². The van der Waals surface area contributed by atoms with E-state index >= 15 is 0 Å². The first-order chi connectivity index (χ1) is 12.3. The summed E-state index contributed by atoms with van der Waals surface area (Å²) in [4.78, 5) is 17.8. The number of amides is 1. The number of halogens is 4. The van der Waals surface area contributed by atoms with E-state index in [1.165, 1.54) is 6.07 Å². The molecular formula is C16H12ClF3N4O2. The van der Waals surface area contributed by atoms with Gasteiger partial charge in [0.25, 0.3) is 5.91 Å². The van der Waals surface area contributed by atoms with Gasteiger partial charge in [-0.15, -0.1) is 5.10 Å². The van der Waals surface area contributed by atoms with E-state index in [0.29, 0.717) is 5.02 Å². The Bertz CT molecular complexity index is 943. The molecule has 1 N–H and O–H groups in total. The Kier molecular flexibility index (Phi) is 4.99. The van der Waals surface area contributed by atoms with Crippen LogP contribution in [0.3, 0.4) is 0 Å². The molecule has 0 aliphatic carbocycles. The van der Waals surface area contributed by atoms with Crippen molar-refractivity contribution in [3.8, 4) is 0 Å². The van der Waals surface area contributed by atoms with Crippen LogP contribution >= 0.6 is 11.6 Å². The number of nitrogens with zero attached hydrogens (tertiary/aromatic N) is 3. The van der Waals surface area contributed by atoms with Gasteiger partial charge in [0, 0.05) is 11.6 Å².